The maximum atomic E-state index is 9.93. The van der Waals surface area contributed by atoms with Gasteiger partial charge in [-0.25, -0.2) is 0 Å². The molecule has 1 aromatic carbocycles. The lowest BCUT2D eigenvalue weighted by molar-refractivity contribution is 0.442. The number of phenols is 1. The highest BCUT2D eigenvalue weighted by molar-refractivity contribution is 8.03. The molecule has 80 valence electrons. The second kappa shape index (κ2) is 4.16. The predicted octanol–water partition coefficient (Wildman–Crippen LogP) is 3.57. The van der Waals surface area contributed by atoms with Gasteiger partial charge >= 0.3 is 0 Å². The highest BCUT2D eigenvalue weighted by Gasteiger charge is 2.20. The van der Waals surface area contributed by atoms with Crippen molar-refractivity contribution in [2.45, 2.75) is 38.0 Å². The van der Waals surface area contributed by atoms with Gasteiger partial charge in [0.25, 0.3) is 0 Å². The van der Waals surface area contributed by atoms with E-state index >= 15 is 0 Å². The molecule has 0 bridgehead atoms. The summed E-state index contributed by atoms with van der Waals surface area (Å²) in [6, 6.07) is 3.72. The Kier molecular flexibility index (Phi) is 3.31. The molecule has 0 spiro atoms. The second-order valence-corrected chi connectivity index (χ2v) is 5.44. The van der Waals surface area contributed by atoms with E-state index in [0.717, 1.165) is 27.8 Å². The van der Waals surface area contributed by atoms with Crippen LogP contribution in [0.25, 0.3) is 0 Å². The fraction of sp³-hybridized carbons (Fsp3) is 0.417. The van der Waals surface area contributed by atoms with Crippen LogP contribution in [0.4, 0.5) is 0 Å². The summed E-state index contributed by atoms with van der Waals surface area (Å²) in [4.78, 5) is 0.887. The maximum Gasteiger partial charge on any atom is 0.138 e. The first-order chi connectivity index (χ1) is 6.86. The molecule has 15 heavy (non-hydrogen) atoms. The summed E-state index contributed by atoms with van der Waals surface area (Å²) in [5, 5.41) is 20.6. The van der Waals surface area contributed by atoms with E-state index < -0.39 is 0 Å². The lowest BCUT2D eigenvalue weighted by Gasteiger charge is -2.22. The topological polar surface area (TPSA) is 44.0 Å². The number of thiocyanates is 1. The average molecular weight is 221 g/mol. The summed E-state index contributed by atoms with van der Waals surface area (Å²) in [7, 11) is 0. The smallest absolute Gasteiger partial charge is 0.138 e. The van der Waals surface area contributed by atoms with E-state index in [-0.39, 0.29) is 5.41 Å². The average Bonchev–Trinajstić information content (AvgIpc) is 2.09. The van der Waals surface area contributed by atoms with Gasteiger partial charge in [0.15, 0.2) is 0 Å². The number of aromatic hydroxyl groups is 1. The van der Waals surface area contributed by atoms with Gasteiger partial charge in [0.1, 0.15) is 11.2 Å². The second-order valence-electron chi connectivity index (χ2n) is 4.58. The van der Waals surface area contributed by atoms with E-state index in [1.807, 2.05) is 45.2 Å². The maximum absolute atomic E-state index is 9.93. The van der Waals surface area contributed by atoms with Crippen LogP contribution in [0.3, 0.4) is 0 Å². The number of thioether (sulfide) groups is 1. The number of rotatable bonds is 1. The van der Waals surface area contributed by atoms with Crippen molar-refractivity contribution in [2.24, 2.45) is 0 Å². The molecule has 0 saturated carbocycles. The molecule has 0 aromatic heterocycles. The quantitative estimate of drug-likeness (QED) is 0.582. The molecule has 2 nitrogen and oxygen atoms in total. The Morgan fingerprint density at radius 2 is 1.93 bits per heavy atom. The lowest BCUT2D eigenvalue weighted by atomic mass is 9.85. The zero-order valence-corrected chi connectivity index (χ0v) is 10.3. The van der Waals surface area contributed by atoms with Crippen LogP contribution in [0.5, 0.6) is 5.75 Å². The van der Waals surface area contributed by atoms with E-state index in [9.17, 15) is 5.11 Å². The first-order valence-electron chi connectivity index (χ1n) is 4.76. The van der Waals surface area contributed by atoms with Crippen LogP contribution in [0.15, 0.2) is 17.0 Å². The molecule has 3 heteroatoms. The molecule has 1 rings (SSSR count). The lowest BCUT2D eigenvalue weighted by Crippen LogP contribution is -2.11. The van der Waals surface area contributed by atoms with E-state index in [2.05, 4.69) is 0 Å². The Labute approximate surface area is 94.9 Å². The Hall–Kier alpha value is -1.14. The summed E-state index contributed by atoms with van der Waals surface area (Å²) in [6.07, 6.45) is 0. The number of benzene rings is 1. The minimum absolute atomic E-state index is 0.110. The third-order valence-electron chi connectivity index (χ3n) is 2.25. The van der Waals surface area contributed by atoms with Crippen molar-refractivity contribution in [1.29, 1.82) is 5.26 Å². The number of aryl methyl sites for hydroxylation is 1. The fourth-order valence-electron chi connectivity index (χ4n) is 1.43. The first-order valence-corrected chi connectivity index (χ1v) is 5.58. The molecule has 0 amide bonds. The zero-order chi connectivity index (χ0) is 11.6. The van der Waals surface area contributed by atoms with Gasteiger partial charge in [-0.3, -0.25) is 0 Å². The van der Waals surface area contributed by atoms with Crippen molar-refractivity contribution >= 4 is 11.8 Å². The number of phenolic OH excluding ortho intramolecular Hbond substituents is 1. The molecule has 0 saturated heterocycles. The third kappa shape index (κ3) is 2.66. The summed E-state index contributed by atoms with van der Waals surface area (Å²) in [5.41, 5.74) is 1.60. The number of hydrogen-bond donors (Lipinski definition) is 1. The molecule has 0 fully saturated rings. The van der Waals surface area contributed by atoms with E-state index in [4.69, 9.17) is 5.26 Å². The number of hydrogen-bond acceptors (Lipinski definition) is 3. The Balaban J connectivity index is 3.33. The molecule has 0 aliphatic rings. The van der Waals surface area contributed by atoms with Crippen molar-refractivity contribution in [3.05, 3.63) is 23.3 Å². The Morgan fingerprint density at radius 1 is 1.33 bits per heavy atom. The molecule has 1 aromatic rings. The van der Waals surface area contributed by atoms with Gasteiger partial charge in [-0.05, 0) is 41.8 Å². The molecular formula is C12H15NOS. The van der Waals surface area contributed by atoms with Crippen LogP contribution in [0.2, 0.25) is 0 Å². The largest absolute Gasteiger partial charge is 0.507 e. The SMILES string of the molecule is Cc1cc(SC#N)cc(C(C)(C)C)c1O. The summed E-state index contributed by atoms with van der Waals surface area (Å²) < 4.78 is 0. The van der Waals surface area contributed by atoms with Gasteiger partial charge in [0.2, 0.25) is 0 Å². The zero-order valence-electron chi connectivity index (χ0n) is 9.46. The minimum Gasteiger partial charge on any atom is -0.507 e. The van der Waals surface area contributed by atoms with Crippen LogP contribution in [0.1, 0.15) is 31.9 Å². The number of nitriles is 1. The van der Waals surface area contributed by atoms with Gasteiger partial charge in [-0.2, -0.15) is 5.26 Å². The molecule has 0 unspecified atom stereocenters. The van der Waals surface area contributed by atoms with Gasteiger partial charge in [-0.15, -0.1) is 0 Å². The molecule has 1 N–H and O–H groups in total. The number of nitrogens with zero attached hydrogens (tertiary/aromatic N) is 1. The van der Waals surface area contributed by atoms with Crippen LogP contribution in [0, 0.1) is 17.6 Å². The standard InChI is InChI=1S/C12H15NOS/c1-8-5-9(15-7-13)6-10(11(8)14)12(2,3)4/h5-6,14H,1-4H3. The molecular weight excluding hydrogens is 206 g/mol. The highest BCUT2D eigenvalue weighted by atomic mass is 32.2. The van der Waals surface area contributed by atoms with E-state index in [0.29, 0.717) is 5.75 Å². The fourth-order valence-corrected chi connectivity index (χ4v) is 1.95. The summed E-state index contributed by atoms with van der Waals surface area (Å²) in [5.74, 6) is 0.338. The molecule has 0 aliphatic carbocycles. The van der Waals surface area contributed by atoms with Crippen molar-refractivity contribution in [3.8, 4) is 11.2 Å². The minimum atomic E-state index is -0.110. The molecule has 0 atom stereocenters. The summed E-state index contributed by atoms with van der Waals surface area (Å²) in [6.45, 7) is 7.99. The van der Waals surface area contributed by atoms with Crippen LogP contribution in [-0.4, -0.2) is 5.11 Å². The van der Waals surface area contributed by atoms with Crippen molar-refractivity contribution in [1.82, 2.24) is 0 Å². The van der Waals surface area contributed by atoms with Crippen molar-refractivity contribution < 1.29 is 5.11 Å². The highest BCUT2D eigenvalue weighted by Crippen LogP contribution is 2.36. The molecule has 0 aliphatic heterocycles. The molecule has 0 heterocycles. The van der Waals surface area contributed by atoms with Gasteiger partial charge in [-0.1, -0.05) is 20.8 Å². The Morgan fingerprint density at radius 3 is 2.40 bits per heavy atom. The normalized spacial score (nSPS) is 11.1. The van der Waals surface area contributed by atoms with Crippen molar-refractivity contribution in [3.63, 3.8) is 0 Å². The van der Waals surface area contributed by atoms with Crippen molar-refractivity contribution in [2.75, 3.05) is 0 Å². The monoisotopic (exact) mass is 221 g/mol. The Bertz CT molecular complexity index is 413. The van der Waals surface area contributed by atoms with Gasteiger partial charge in [0.05, 0.1) is 0 Å². The van der Waals surface area contributed by atoms with Crippen LogP contribution < -0.4 is 0 Å². The van der Waals surface area contributed by atoms with Gasteiger partial charge in [0, 0.05) is 10.5 Å². The van der Waals surface area contributed by atoms with Gasteiger partial charge < -0.3 is 5.11 Å². The van der Waals surface area contributed by atoms with Crippen LogP contribution >= 0.6 is 11.8 Å². The summed E-state index contributed by atoms with van der Waals surface area (Å²) >= 11 is 1.12. The first kappa shape index (κ1) is 11.9. The molecule has 0 radical (unpaired) electrons. The van der Waals surface area contributed by atoms with Crippen LogP contribution in [-0.2, 0) is 5.41 Å². The van der Waals surface area contributed by atoms with E-state index in [1.165, 1.54) is 0 Å². The predicted molar refractivity (Wildman–Crippen MR) is 63.0 cm³/mol. The van der Waals surface area contributed by atoms with E-state index in [1.54, 1.807) is 0 Å². The third-order valence-corrected chi connectivity index (χ3v) is 2.81.